The predicted octanol–water partition coefficient (Wildman–Crippen LogP) is 4.29. The van der Waals surface area contributed by atoms with Crippen LogP contribution in [0, 0.1) is 5.82 Å². The number of halogens is 2. The number of carbonyl (C=O) groups is 1. The lowest BCUT2D eigenvalue weighted by Gasteiger charge is -2.31. The largest absolute Gasteiger partial charge is 0.350 e. The van der Waals surface area contributed by atoms with Gasteiger partial charge in [-0.1, -0.05) is 55.8 Å². The molecule has 0 aliphatic rings. The number of hydrogen-bond donors (Lipinski definition) is 1. The number of carbonyl (C=O) groups excluding carboxylic acids is 1. The third kappa shape index (κ3) is 4.34. The summed E-state index contributed by atoms with van der Waals surface area (Å²) in [5, 5.41) is 3.50. The van der Waals surface area contributed by atoms with Gasteiger partial charge in [-0.3, -0.25) is 9.69 Å². The molecular formula is C19H22ClFN2O. The third-order valence-corrected chi connectivity index (χ3v) is 4.44. The molecule has 0 heterocycles. The van der Waals surface area contributed by atoms with Gasteiger partial charge in [0.2, 0.25) is 0 Å². The number of amides is 1. The number of rotatable bonds is 7. The zero-order valence-electron chi connectivity index (χ0n) is 13.9. The van der Waals surface area contributed by atoms with Crippen LogP contribution in [0.4, 0.5) is 4.39 Å². The Bertz CT molecular complexity index is 689. The summed E-state index contributed by atoms with van der Waals surface area (Å²) in [6.45, 7) is 6.13. The minimum Gasteiger partial charge on any atom is -0.350 e. The Kier molecular flexibility index (Phi) is 6.76. The van der Waals surface area contributed by atoms with Crippen molar-refractivity contribution in [2.24, 2.45) is 0 Å². The topological polar surface area (TPSA) is 32.3 Å². The summed E-state index contributed by atoms with van der Waals surface area (Å²) in [6.07, 6.45) is 0. The fraction of sp³-hybridized carbons (Fsp3) is 0.316. The number of nitrogens with one attached hydrogen (secondary N) is 1. The Morgan fingerprint density at radius 3 is 2.38 bits per heavy atom. The maximum atomic E-state index is 13.8. The average Bonchev–Trinajstić information content (AvgIpc) is 2.59. The second kappa shape index (κ2) is 8.81. The molecule has 24 heavy (non-hydrogen) atoms. The van der Waals surface area contributed by atoms with E-state index in [1.54, 1.807) is 12.1 Å². The van der Waals surface area contributed by atoms with Crippen molar-refractivity contribution in [3.63, 3.8) is 0 Å². The Labute approximate surface area is 147 Å². The van der Waals surface area contributed by atoms with Gasteiger partial charge in [-0.05, 0) is 36.9 Å². The molecule has 0 spiro atoms. The molecule has 1 N–H and O–H groups in total. The quantitative estimate of drug-likeness (QED) is 0.809. The van der Waals surface area contributed by atoms with Gasteiger partial charge in [-0.25, -0.2) is 4.39 Å². The Morgan fingerprint density at radius 1 is 1.12 bits per heavy atom. The molecule has 0 aliphatic carbocycles. The van der Waals surface area contributed by atoms with E-state index < -0.39 is 11.7 Å². The molecule has 0 saturated heterocycles. The van der Waals surface area contributed by atoms with E-state index in [2.05, 4.69) is 24.1 Å². The highest BCUT2D eigenvalue weighted by atomic mass is 35.5. The lowest BCUT2D eigenvalue weighted by atomic mass is 10.0. The van der Waals surface area contributed by atoms with Crippen LogP contribution in [0.2, 0.25) is 5.02 Å². The van der Waals surface area contributed by atoms with Crippen molar-refractivity contribution >= 4 is 17.5 Å². The Balaban J connectivity index is 2.19. The second-order valence-electron chi connectivity index (χ2n) is 5.45. The van der Waals surface area contributed by atoms with Gasteiger partial charge in [0.15, 0.2) is 0 Å². The number of hydrogen-bond acceptors (Lipinski definition) is 2. The van der Waals surface area contributed by atoms with E-state index >= 15 is 0 Å². The second-order valence-corrected chi connectivity index (χ2v) is 5.86. The summed E-state index contributed by atoms with van der Waals surface area (Å²) in [5.74, 6) is -0.940. The Morgan fingerprint density at radius 2 is 1.75 bits per heavy atom. The summed E-state index contributed by atoms with van der Waals surface area (Å²) >= 11 is 6.34. The van der Waals surface area contributed by atoms with E-state index in [9.17, 15) is 9.18 Å². The van der Waals surface area contributed by atoms with Gasteiger partial charge in [0.25, 0.3) is 5.91 Å². The maximum Gasteiger partial charge on any atom is 0.254 e. The molecule has 3 nitrogen and oxygen atoms in total. The summed E-state index contributed by atoms with van der Waals surface area (Å²) < 4.78 is 13.8. The van der Waals surface area contributed by atoms with E-state index in [-0.39, 0.29) is 11.6 Å². The first kappa shape index (κ1) is 18.4. The first-order chi connectivity index (χ1) is 11.6. The standard InChI is InChI=1S/C19H22ClFN2O/c1-3-23(4-2)18(14-9-5-7-11-16(14)20)13-22-19(24)15-10-6-8-12-17(15)21/h5-12,18H,3-4,13H2,1-2H3,(H,22,24)/t18-/m0/s1. The van der Waals surface area contributed by atoms with Crippen LogP contribution < -0.4 is 5.32 Å². The van der Waals surface area contributed by atoms with Crippen molar-refractivity contribution in [2.45, 2.75) is 19.9 Å². The molecule has 0 saturated carbocycles. The van der Waals surface area contributed by atoms with Crippen LogP contribution in [0.15, 0.2) is 48.5 Å². The van der Waals surface area contributed by atoms with Gasteiger partial charge in [-0.2, -0.15) is 0 Å². The molecule has 0 aromatic heterocycles. The summed E-state index contributed by atoms with van der Waals surface area (Å²) in [7, 11) is 0. The molecule has 1 amide bonds. The van der Waals surface area contributed by atoms with Crippen LogP contribution in [-0.4, -0.2) is 30.4 Å². The molecular weight excluding hydrogens is 327 g/mol. The van der Waals surface area contributed by atoms with E-state index in [0.29, 0.717) is 11.6 Å². The highest BCUT2D eigenvalue weighted by Gasteiger charge is 2.21. The zero-order valence-corrected chi connectivity index (χ0v) is 14.7. The van der Waals surface area contributed by atoms with Crippen LogP contribution in [0.3, 0.4) is 0 Å². The van der Waals surface area contributed by atoms with Crippen molar-refractivity contribution in [1.29, 1.82) is 0 Å². The van der Waals surface area contributed by atoms with Crippen LogP contribution >= 0.6 is 11.6 Å². The SMILES string of the molecule is CCN(CC)[C@@H](CNC(=O)c1ccccc1F)c1ccccc1Cl. The molecule has 2 aromatic carbocycles. The zero-order chi connectivity index (χ0) is 17.5. The van der Waals surface area contributed by atoms with Gasteiger partial charge < -0.3 is 5.32 Å². The van der Waals surface area contributed by atoms with Crippen molar-refractivity contribution in [2.75, 3.05) is 19.6 Å². The molecule has 0 unspecified atom stereocenters. The van der Waals surface area contributed by atoms with Gasteiger partial charge in [0, 0.05) is 11.6 Å². The van der Waals surface area contributed by atoms with Crippen molar-refractivity contribution in [3.05, 3.63) is 70.5 Å². The van der Waals surface area contributed by atoms with Gasteiger partial charge in [0.05, 0.1) is 11.6 Å². The predicted molar refractivity (Wildman–Crippen MR) is 95.8 cm³/mol. The molecule has 128 valence electrons. The number of benzene rings is 2. The number of nitrogens with zero attached hydrogens (tertiary/aromatic N) is 1. The molecule has 1 atom stereocenters. The first-order valence-corrected chi connectivity index (χ1v) is 8.47. The fourth-order valence-corrected chi connectivity index (χ4v) is 3.04. The van der Waals surface area contributed by atoms with Crippen molar-refractivity contribution < 1.29 is 9.18 Å². The molecule has 0 bridgehead atoms. The molecule has 2 rings (SSSR count). The summed E-state index contributed by atoms with van der Waals surface area (Å²) in [5.41, 5.74) is 1.01. The average molecular weight is 349 g/mol. The van der Waals surface area contributed by atoms with Crippen LogP contribution in [0.1, 0.15) is 35.8 Å². The Hall–Kier alpha value is -1.91. The van der Waals surface area contributed by atoms with Gasteiger partial charge in [0.1, 0.15) is 5.82 Å². The normalized spacial score (nSPS) is 12.2. The summed E-state index contributed by atoms with van der Waals surface area (Å²) in [6, 6.07) is 13.5. The maximum absolute atomic E-state index is 13.8. The smallest absolute Gasteiger partial charge is 0.254 e. The van der Waals surface area contributed by atoms with Crippen molar-refractivity contribution in [3.8, 4) is 0 Å². The molecule has 5 heteroatoms. The van der Waals surface area contributed by atoms with E-state index in [1.165, 1.54) is 12.1 Å². The first-order valence-electron chi connectivity index (χ1n) is 8.09. The van der Waals surface area contributed by atoms with Crippen LogP contribution in [0.5, 0.6) is 0 Å². The third-order valence-electron chi connectivity index (χ3n) is 4.09. The van der Waals surface area contributed by atoms with Crippen LogP contribution in [0.25, 0.3) is 0 Å². The van der Waals surface area contributed by atoms with Crippen LogP contribution in [-0.2, 0) is 0 Å². The lowest BCUT2D eigenvalue weighted by Crippen LogP contribution is -2.38. The minimum absolute atomic E-state index is 0.0509. The van der Waals surface area contributed by atoms with Gasteiger partial charge in [-0.15, -0.1) is 0 Å². The molecule has 0 aliphatic heterocycles. The minimum atomic E-state index is -0.521. The highest BCUT2D eigenvalue weighted by Crippen LogP contribution is 2.27. The van der Waals surface area contributed by atoms with Crippen molar-refractivity contribution in [1.82, 2.24) is 10.2 Å². The highest BCUT2D eigenvalue weighted by molar-refractivity contribution is 6.31. The van der Waals surface area contributed by atoms with Gasteiger partial charge >= 0.3 is 0 Å². The lowest BCUT2D eigenvalue weighted by molar-refractivity contribution is 0.0931. The number of likely N-dealkylation sites (N-methyl/N-ethyl adjacent to an activating group) is 1. The summed E-state index contributed by atoms with van der Waals surface area (Å²) in [4.78, 5) is 14.5. The van der Waals surface area contributed by atoms with E-state index in [0.717, 1.165) is 18.7 Å². The molecule has 0 radical (unpaired) electrons. The monoisotopic (exact) mass is 348 g/mol. The fourth-order valence-electron chi connectivity index (χ4n) is 2.78. The molecule has 2 aromatic rings. The van der Waals surface area contributed by atoms with E-state index in [4.69, 9.17) is 11.6 Å². The molecule has 0 fully saturated rings. The van der Waals surface area contributed by atoms with E-state index in [1.807, 2.05) is 24.3 Å².